The van der Waals surface area contributed by atoms with Crippen molar-refractivity contribution in [3.8, 4) is 17.2 Å². The molecule has 0 amide bonds. The molecular weight excluding hydrogens is 1230 g/mol. The maximum Gasteiger partial charge on any atom is 0.864 e. The molecule has 0 spiro atoms. The average Bonchev–Trinajstić information content (AvgIpc) is 0.818. The van der Waals surface area contributed by atoms with E-state index in [1.165, 1.54) is 44.9 Å². The van der Waals surface area contributed by atoms with Crippen molar-refractivity contribution in [2.45, 2.75) is 199 Å². The Labute approximate surface area is 488 Å². The largest absolute Gasteiger partial charge is 0.864 e. The first kappa shape index (κ1) is 75.9. The Hall–Kier alpha value is -5.38. The van der Waals surface area contributed by atoms with Crippen molar-refractivity contribution >= 4 is 7.32 Å². The van der Waals surface area contributed by atoms with E-state index in [4.69, 9.17) is 14.0 Å². The Bertz CT molecular complexity index is 2520. The van der Waals surface area contributed by atoms with Crippen LogP contribution in [0.1, 0.15) is 199 Å². The van der Waals surface area contributed by atoms with Crippen LogP contribution in [0, 0.1) is 6.07 Å². The number of alkyl halides is 24. The van der Waals surface area contributed by atoms with Crippen molar-refractivity contribution in [1.82, 2.24) is 0 Å². The maximum atomic E-state index is 15.3. The third-order valence-corrected chi connectivity index (χ3v) is 14.5. The molecular formula is C58H66BF24NO3. The number of hydrogen-bond acceptors (Lipinski definition) is 3. The van der Waals surface area contributed by atoms with Crippen LogP contribution in [0.25, 0.3) is 0 Å². The van der Waals surface area contributed by atoms with E-state index in [1.807, 2.05) is 0 Å². The lowest BCUT2D eigenvalue weighted by Gasteiger charge is -2.44. The molecule has 0 fully saturated rings. The number of nitrogens with zero attached hydrogens (tertiary/aromatic N) is 1. The van der Waals surface area contributed by atoms with Gasteiger partial charge >= 0.3 is 56.7 Å². The molecule has 87 heavy (non-hydrogen) atoms. The molecule has 4 nitrogen and oxygen atoms in total. The molecule has 0 aliphatic heterocycles. The average molecular weight is 1290 g/mol. The number of benzene rings is 4. The van der Waals surface area contributed by atoms with E-state index in [-0.39, 0.29) is 79.4 Å². The third kappa shape index (κ3) is 24.5. The van der Waals surface area contributed by atoms with E-state index in [0.29, 0.717) is 25.0 Å². The van der Waals surface area contributed by atoms with Crippen molar-refractivity contribution < 1.29 is 124 Å². The van der Waals surface area contributed by atoms with Crippen molar-refractivity contribution in [2.75, 3.05) is 19.6 Å². The second kappa shape index (κ2) is 31.9. The van der Waals surface area contributed by atoms with Crippen LogP contribution in [0.5, 0.6) is 17.2 Å². The van der Waals surface area contributed by atoms with Gasteiger partial charge in [0.15, 0.2) is 0 Å². The van der Waals surface area contributed by atoms with Crippen LogP contribution < -0.4 is 14.0 Å². The highest BCUT2D eigenvalue weighted by Gasteiger charge is 2.49. The summed E-state index contributed by atoms with van der Waals surface area (Å²) < 4.78 is 344. The van der Waals surface area contributed by atoms with Gasteiger partial charge in [0.1, 0.15) is 23.3 Å². The fourth-order valence-electron chi connectivity index (χ4n) is 9.74. The zero-order valence-electron chi connectivity index (χ0n) is 47.6. The van der Waals surface area contributed by atoms with Gasteiger partial charge in [0.05, 0.1) is 58.6 Å². The molecule has 0 radical (unpaired) electrons. The van der Waals surface area contributed by atoms with Gasteiger partial charge in [0.2, 0.25) is 0 Å². The van der Waals surface area contributed by atoms with E-state index < -0.39 is 142 Å². The minimum Gasteiger partial charge on any atom is -0.490 e. The van der Waals surface area contributed by atoms with Gasteiger partial charge in [0.25, 0.3) is 0 Å². The molecule has 0 N–H and O–H groups in total. The summed E-state index contributed by atoms with van der Waals surface area (Å²) in [7, 11) is -3.27. The number of halogens is 24. The summed E-state index contributed by atoms with van der Waals surface area (Å²) in [5.74, 6) is -4.57. The second-order valence-corrected chi connectivity index (χ2v) is 20.7. The van der Waals surface area contributed by atoms with Crippen LogP contribution in [0.2, 0.25) is 0 Å². The number of quaternary nitrogens is 1. The summed E-state index contributed by atoms with van der Waals surface area (Å²) in [6.45, 7) is 7.04. The molecule has 4 aromatic carbocycles. The summed E-state index contributed by atoms with van der Waals surface area (Å²) in [4.78, 5) is 0. The van der Waals surface area contributed by atoms with Crippen LogP contribution in [0.15, 0.2) is 66.7 Å². The molecule has 4 aromatic rings. The van der Waals surface area contributed by atoms with E-state index in [2.05, 4.69) is 6.92 Å². The zero-order valence-corrected chi connectivity index (χ0v) is 47.6. The number of rotatable bonds is 29. The number of hydrogen-bond donors (Lipinski definition) is 0. The van der Waals surface area contributed by atoms with Gasteiger partial charge in [-0.25, -0.2) is 0 Å². The monoisotopic (exact) mass is 1290 g/mol. The molecule has 0 saturated carbocycles. The Balaban J connectivity index is 0.00000123. The minimum atomic E-state index is -5.64. The van der Waals surface area contributed by atoms with Crippen molar-refractivity contribution in [3.05, 3.63) is 123 Å². The van der Waals surface area contributed by atoms with E-state index >= 15 is 13.2 Å². The Morgan fingerprint density at radius 1 is 0.345 bits per heavy atom. The van der Waals surface area contributed by atoms with Crippen molar-refractivity contribution in [3.63, 3.8) is 0 Å². The van der Waals surface area contributed by atoms with Gasteiger partial charge in [-0.05, 0) is 75.7 Å². The van der Waals surface area contributed by atoms with Gasteiger partial charge in [-0.3, -0.25) is 0 Å². The lowest BCUT2D eigenvalue weighted by atomic mass is 9.89. The maximum absolute atomic E-state index is 15.3. The highest BCUT2D eigenvalue weighted by molar-refractivity contribution is 6.39. The first-order valence-corrected chi connectivity index (χ1v) is 27.9. The summed E-state index contributed by atoms with van der Waals surface area (Å²) in [5, 5.41) is 0. The molecule has 0 aromatic heterocycles. The summed E-state index contributed by atoms with van der Waals surface area (Å²) in [5.41, 5.74) is -16.1. The van der Waals surface area contributed by atoms with Crippen LogP contribution in [0.4, 0.5) is 105 Å². The highest BCUT2D eigenvalue weighted by Crippen LogP contribution is 2.49. The van der Waals surface area contributed by atoms with Gasteiger partial charge in [-0.1, -0.05) is 121 Å². The molecule has 492 valence electrons. The van der Waals surface area contributed by atoms with E-state index in [0.717, 1.165) is 44.9 Å². The second-order valence-electron chi connectivity index (χ2n) is 20.7. The molecule has 29 heteroatoms. The van der Waals surface area contributed by atoms with Crippen LogP contribution in [-0.2, 0) is 49.4 Å². The van der Waals surface area contributed by atoms with Crippen LogP contribution in [0.3, 0.4) is 0 Å². The molecule has 4 rings (SSSR count). The fraction of sp³-hybridized carbons (Fsp3) is 0.586. The summed E-state index contributed by atoms with van der Waals surface area (Å²) in [6, 6.07) is -0.185. The summed E-state index contributed by atoms with van der Waals surface area (Å²) >= 11 is 0. The predicted molar refractivity (Wildman–Crippen MR) is 276 cm³/mol. The highest BCUT2D eigenvalue weighted by atomic mass is 19.4. The SMILES string of the molecule is CCCCCCCCCCCCCCCCCCCC(c1c(OB(Oc2cc(C(F)(F)F)cc(C(F)(F)F)c2)Oc2cc(C(F)(F)F)cc(C(F)(F)F)c2)cc(C(F)(F)F)cc1C(F)(F)F)[N+](CC)(CC)CC.FC(F)(F)c1c[c-]cc(C(F)(F)F)c1. The normalized spacial score (nSPS) is 13.5. The predicted octanol–water partition coefficient (Wildman–Crippen LogP) is 22.8. The minimum absolute atomic E-state index is 0.0160. The van der Waals surface area contributed by atoms with Gasteiger partial charge in [-0.15, -0.1) is 6.07 Å². The Morgan fingerprint density at radius 2 is 0.632 bits per heavy atom. The first-order chi connectivity index (χ1) is 40.0. The Morgan fingerprint density at radius 3 is 0.920 bits per heavy atom. The van der Waals surface area contributed by atoms with Crippen LogP contribution >= 0.6 is 0 Å². The van der Waals surface area contributed by atoms with E-state index in [9.17, 15) is 92.2 Å². The Kier molecular flexibility index (Phi) is 27.8. The lowest BCUT2D eigenvalue weighted by Crippen LogP contribution is -2.51. The van der Waals surface area contributed by atoms with Crippen LogP contribution in [-0.4, -0.2) is 31.4 Å². The van der Waals surface area contributed by atoms with E-state index in [1.54, 1.807) is 26.8 Å². The molecule has 0 aliphatic rings. The molecule has 0 aliphatic carbocycles. The summed E-state index contributed by atoms with van der Waals surface area (Å²) in [6.07, 6.45) is -26.6. The zero-order chi connectivity index (χ0) is 66.0. The smallest absolute Gasteiger partial charge is 0.490 e. The topological polar surface area (TPSA) is 27.7 Å². The molecule has 0 saturated heterocycles. The molecule has 1 atom stereocenters. The fourth-order valence-corrected chi connectivity index (χ4v) is 9.74. The van der Waals surface area contributed by atoms with Crippen molar-refractivity contribution in [1.29, 1.82) is 0 Å². The van der Waals surface area contributed by atoms with Gasteiger partial charge in [0, 0.05) is 6.42 Å². The van der Waals surface area contributed by atoms with Gasteiger partial charge in [-0.2, -0.15) is 124 Å². The quantitative estimate of drug-likeness (QED) is 0.0178. The number of unbranched alkanes of at least 4 members (excludes halogenated alkanes) is 16. The molecule has 0 bridgehead atoms. The molecule has 0 heterocycles. The molecule has 1 unspecified atom stereocenters. The van der Waals surface area contributed by atoms with Crippen molar-refractivity contribution in [2.24, 2.45) is 0 Å². The lowest BCUT2D eigenvalue weighted by molar-refractivity contribution is -0.953. The standard InChI is InChI=1S/C50H63BF18NO3.C8H3F6/c1-5-9-10-11-12-13-14-15-16-17-18-19-20-21-22-23-24-25-42(70(6-2,7-3)8-4)44-41(50(67,68)69)32-38(49(64,65)66)33-43(44)73-51(71-39-28-34(45(52,53)54)26-35(29-39)46(55,56)57)72-40-30-36(47(58,59)60)27-37(31-40)48(61,62)63;9-7(10,11)5-2-1-3-6(4-5)8(12,13)14/h26-33,42H,5-25H2,1-4H3;2-4H/q+1;-1. The first-order valence-electron chi connectivity index (χ1n) is 27.9. The van der Waals surface area contributed by atoms with Gasteiger partial charge < -0.3 is 18.4 Å². The third-order valence-electron chi connectivity index (χ3n) is 14.5.